The molecule has 1 aliphatic heterocycles. The number of hydrogen-bond donors (Lipinski definition) is 1. The van der Waals surface area contributed by atoms with E-state index in [1.807, 2.05) is 37.4 Å². The highest BCUT2D eigenvalue weighted by Crippen LogP contribution is 2.36. The van der Waals surface area contributed by atoms with Gasteiger partial charge in [-0.25, -0.2) is 4.39 Å². The zero-order valence-electron chi connectivity index (χ0n) is 17.9. The molecule has 3 aromatic rings. The number of carbonyl (C=O) groups is 2. The molecule has 0 atom stereocenters. The van der Waals surface area contributed by atoms with E-state index in [0.717, 1.165) is 16.5 Å². The number of amides is 2. The van der Waals surface area contributed by atoms with Gasteiger partial charge in [0.2, 0.25) is 5.91 Å². The average Bonchev–Trinajstić information content (AvgIpc) is 3.18. The Morgan fingerprint density at radius 1 is 1.22 bits per heavy atom. The lowest BCUT2D eigenvalue weighted by Gasteiger charge is -2.44. The van der Waals surface area contributed by atoms with Crippen molar-refractivity contribution >= 4 is 28.4 Å². The van der Waals surface area contributed by atoms with E-state index in [1.54, 1.807) is 29.1 Å². The minimum Gasteiger partial charge on any atom is -0.381 e. The van der Waals surface area contributed by atoms with E-state index in [4.69, 9.17) is 4.74 Å². The van der Waals surface area contributed by atoms with Crippen LogP contribution in [0.4, 0.5) is 10.1 Å². The molecule has 0 saturated carbocycles. The summed E-state index contributed by atoms with van der Waals surface area (Å²) in [6.45, 7) is 4.05. The molecule has 1 saturated heterocycles. The van der Waals surface area contributed by atoms with Crippen LogP contribution in [0.25, 0.3) is 10.9 Å². The Morgan fingerprint density at radius 3 is 2.62 bits per heavy atom. The maximum atomic E-state index is 14.2. The first kappa shape index (κ1) is 21.7. The lowest BCUT2D eigenvalue weighted by atomic mass is 9.85. The van der Waals surface area contributed by atoms with E-state index in [9.17, 15) is 14.0 Å². The van der Waals surface area contributed by atoms with Crippen LogP contribution in [0.3, 0.4) is 0 Å². The Bertz CT molecular complexity index is 1150. The summed E-state index contributed by atoms with van der Waals surface area (Å²) >= 11 is 0. The molecular weight excluding hydrogens is 411 g/mol. The first-order valence-corrected chi connectivity index (χ1v) is 10.4. The minimum absolute atomic E-state index is 0.234. The van der Waals surface area contributed by atoms with Crippen LogP contribution in [-0.2, 0) is 27.9 Å². The van der Waals surface area contributed by atoms with Crippen molar-refractivity contribution < 1.29 is 18.7 Å². The summed E-state index contributed by atoms with van der Waals surface area (Å²) in [6, 6.07) is 14.7. The summed E-state index contributed by atoms with van der Waals surface area (Å²) in [5.74, 6) is -2.42. The summed E-state index contributed by atoms with van der Waals surface area (Å²) in [4.78, 5) is 27.9. The van der Waals surface area contributed by atoms with E-state index in [1.165, 1.54) is 4.90 Å². The van der Waals surface area contributed by atoms with E-state index in [2.05, 4.69) is 17.0 Å². The van der Waals surface area contributed by atoms with Crippen molar-refractivity contribution in [2.75, 3.05) is 18.1 Å². The summed E-state index contributed by atoms with van der Waals surface area (Å²) in [5, 5.41) is 7.94. The highest BCUT2D eigenvalue weighted by atomic mass is 19.1. The van der Waals surface area contributed by atoms with Gasteiger partial charge in [0.1, 0.15) is 5.54 Å². The molecule has 1 N–H and O–H groups in total. The van der Waals surface area contributed by atoms with E-state index in [0.29, 0.717) is 12.2 Å². The topological polar surface area (TPSA) is 76.5 Å². The van der Waals surface area contributed by atoms with Crippen molar-refractivity contribution in [3.8, 4) is 0 Å². The molecule has 0 bridgehead atoms. The Hall–Kier alpha value is -3.52. The van der Waals surface area contributed by atoms with Gasteiger partial charge < -0.3 is 10.1 Å². The second kappa shape index (κ2) is 8.92. The third-order valence-corrected chi connectivity index (χ3v) is 5.89. The van der Waals surface area contributed by atoms with Gasteiger partial charge in [-0.2, -0.15) is 5.10 Å². The molecule has 0 aliphatic carbocycles. The highest BCUT2D eigenvalue weighted by molar-refractivity contribution is 6.10. The standard InChI is InChI=1S/C24H25FN4O3/c1-17(25)22(30)29(20-8-9-21-19(14-20)16-27-28(21)2)24(10-12-32-13-11-24)23(31)26-15-18-6-4-3-5-7-18/h3-9,14,16H,1,10-13,15H2,2H3,(H,26,31). The van der Waals surface area contributed by atoms with E-state index >= 15 is 0 Å². The predicted octanol–water partition coefficient (Wildman–Crippen LogP) is 3.26. The molecule has 1 aromatic heterocycles. The maximum absolute atomic E-state index is 14.2. The summed E-state index contributed by atoms with van der Waals surface area (Å²) in [7, 11) is 1.81. The molecule has 32 heavy (non-hydrogen) atoms. The molecule has 4 rings (SSSR count). The number of nitrogens with one attached hydrogen (secondary N) is 1. The number of nitrogens with zero attached hydrogens (tertiary/aromatic N) is 3. The lowest BCUT2D eigenvalue weighted by molar-refractivity contribution is -0.133. The summed E-state index contributed by atoms with van der Waals surface area (Å²) in [5.41, 5.74) is 0.878. The minimum atomic E-state index is -1.31. The molecule has 0 radical (unpaired) electrons. The van der Waals surface area contributed by atoms with Crippen LogP contribution in [0.2, 0.25) is 0 Å². The third kappa shape index (κ3) is 4.01. The number of aryl methyl sites for hydroxylation is 1. The SMILES string of the molecule is C=C(F)C(=O)N(c1ccc2c(cnn2C)c1)C1(C(=O)NCc2ccccc2)CCOCC1. The van der Waals surface area contributed by atoms with Gasteiger partial charge in [-0.05, 0) is 23.8 Å². The number of benzene rings is 2. The molecule has 1 fully saturated rings. The monoisotopic (exact) mass is 436 g/mol. The zero-order valence-corrected chi connectivity index (χ0v) is 17.9. The second-order valence-electron chi connectivity index (χ2n) is 7.87. The molecule has 2 aromatic carbocycles. The Labute approximate surface area is 185 Å². The molecule has 8 heteroatoms. The van der Waals surface area contributed by atoms with Crippen LogP contribution in [0.1, 0.15) is 18.4 Å². The van der Waals surface area contributed by atoms with Crippen molar-refractivity contribution in [2.45, 2.75) is 24.9 Å². The van der Waals surface area contributed by atoms with Gasteiger partial charge in [0.05, 0.1) is 11.7 Å². The van der Waals surface area contributed by atoms with Crippen molar-refractivity contribution in [3.05, 3.63) is 72.7 Å². The average molecular weight is 436 g/mol. The molecular formula is C24H25FN4O3. The second-order valence-corrected chi connectivity index (χ2v) is 7.87. The van der Waals surface area contributed by atoms with Crippen molar-refractivity contribution in [1.29, 1.82) is 0 Å². The van der Waals surface area contributed by atoms with Gasteiger partial charge in [-0.1, -0.05) is 36.9 Å². The summed E-state index contributed by atoms with van der Waals surface area (Å²) in [6.07, 6.45) is 2.13. The van der Waals surface area contributed by atoms with Crippen LogP contribution < -0.4 is 10.2 Å². The van der Waals surface area contributed by atoms with Crippen LogP contribution in [0, 0.1) is 0 Å². The molecule has 2 amide bonds. The van der Waals surface area contributed by atoms with Crippen LogP contribution in [0.15, 0.2) is 67.1 Å². The van der Waals surface area contributed by atoms with E-state index in [-0.39, 0.29) is 32.0 Å². The number of hydrogen-bond acceptors (Lipinski definition) is 4. The number of ether oxygens (including phenoxy) is 1. The number of halogens is 1. The van der Waals surface area contributed by atoms with Gasteiger partial charge in [0, 0.05) is 50.7 Å². The largest absolute Gasteiger partial charge is 0.381 e. The maximum Gasteiger partial charge on any atom is 0.287 e. The van der Waals surface area contributed by atoms with Gasteiger partial charge in [-0.3, -0.25) is 19.2 Å². The van der Waals surface area contributed by atoms with Gasteiger partial charge in [0.15, 0.2) is 5.83 Å². The summed E-state index contributed by atoms with van der Waals surface area (Å²) < 4.78 is 21.4. The first-order chi connectivity index (χ1) is 15.4. The number of fused-ring (bicyclic) bond motifs is 1. The fourth-order valence-corrected chi connectivity index (χ4v) is 4.17. The smallest absolute Gasteiger partial charge is 0.287 e. The van der Waals surface area contributed by atoms with Crippen LogP contribution in [0.5, 0.6) is 0 Å². The number of rotatable bonds is 6. The van der Waals surface area contributed by atoms with Crippen molar-refractivity contribution in [2.24, 2.45) is 7.05 Å². The molecule has 7 nitrogen and oxygen atoms in total. The number of carbonyl (C=O) groups excluding carboxylic acids is 2. The lowest BCUT2D eigenvalue weighted by Crippen LogP contribution is -2.63. The molecule has 1 aliphatic rings. The fraction of sp³-hybridized carbons (Fsp3) is 0.292. The van der Waals surface area contributed by atoms with Gasteiger partial charge in [0.25, 0.3) is 5.91 Å². The van der Waals surface area contributed by atoms with Crippen LogP contribution in [-0.4, -0.2) is 40.3 Å². The molecule has 166 valence electrons. The fourth-order valence-electron chi connectivity index (χ4n) is 4.17. The predicted molar refractivity (Wildman–Crippen MR) is 120 cm³/mol. The molecule has 2 heterocycles. The Kier molecular flexibility index (Phi) is 6.05. The number of anilines is 1. The highest BCUT2D eigenvalue weighted by Gasteiger charge is 2.49. The normalized spacial score (nSPS) is 15.3. The number of aromatic nitrogens is 2. The third-order valence-electron chi connectivity index (χ3n) is 5.89. The van der Waals surface area contributed by atoms with Crippen molar-refractivity contribution in [1.82, 2.24) is 15.1 Å². The molecule has 0 unspecified atom stereocenters. The van der Waals surface area contributed by atoms with Gasteiger partial charge in [-0.15, -0.1) is 0 Å². The Balaban J connectivity index is 1.75. The first-order valence-electron chi connectivity index (χ1n) is 10.4. The molecule has 0 spiro atoms. The van der Waals surface area contributed by atoms with Crippen LogP contribution >= 0.6 is 0 Å². The zero-order chi connectivity index (χ0) is 22.7. The van der Waals surface area contributed by atoms with Crippen molar-refractivity contribution in [3.63, 3.8) is 0 Å². The Morgan fingerprint density at radius 2 is 1.94 bits per heavy atom. The quantitative estimate of drug-likeness (QED) is 0.602. The van der Waals surface area contributed by atoms with E-state index < -0.39 is 17.3 Å². The van der Waals surface area contributed by atoms with Gasteiger partial charge >= 0.3 is 0 Å².